The van der Waals surface area contributed by atoms with Crippen molar-refractivity contribution < 1.29 is 0 Å². The number of aromatic nitrogens is 2. The van der Waals surface area contributed by atoms with E-state index in [1.807, 2.05) is 6.92 Å². The van der Waals surface area contributed by atoms with Crippen LogP contribution in [0.2, 0.25) is 0 Å². The van der Waals surface area contributed by atoms with E-state index in [0.29, 0.717) is 6.54 Å². The SMILES string of the molecule is Cc1ccc2c(CCN)nc(C)nc2c1. The third kappa shape index (κ3) is 1.97. The highest BCUT2D eigenvalue weighted by atomic mass is 14.9. The molecule has 78 valence electrons. The van der Waals surface area contributed by atoms with Crippen molar-refractivity contribution in [2.45, 2.75) is 20.3 Å². The lowest BCUT2D eigenvalue weighted by molar-refractivity contribution is 0.907. The van der Waals surface area contributed by atoms with Crippen LogP contribution in [0.4, 0.5) is 0 Å². The molecular weight excluding hydrogens is 186 g/mol. The molecule has 2 aromatic rings. The van der Waals surface area contributed by atoms with Crippen LogP contribution in [0.3, 0.4) is 0 Å². The smallest absolute Gasteiger partial charge is 0.126 e. The van der Waals surface area contributed by atoms with Crippen molar-refractivity contribution in [1.82, 2.24) is 9.97 Å². The molecule has 0 radical (unpaired) electrons. The molecule has 1 aromatic heterocycles. The van der Waals surface area contributed by atoms with E-state index in [2.05, 4.69) is 35.1 Å². The lowest BCUT2D eigenvalue weighted by Gasteiger charge is -2.06. The molecule has 1 aromatic carbocycles. The van der Waals surface area contributed by atoms with Gasteiger partial charge in [-0.05, 0) is 32.0 Å². The molecule has 0 aliphatic heterocycles. The molecule has 0 atom stereocenters. The van der Waals surface area contributed by atoms with Gasteiger partial charge in [0.15, 0.2) is 0 Å². The van der Waals surface area contributed by atoms with Crippen molar-refractivity contribution in [3.8, 4) is 0 Å². The fourth-order valence-electron chi connectivity index (χ4n) is 1.76. The minimum Gasteiger partial charge on any atom is -0.330 e. The maximum absolute atomic E-state index is 5.57. The molecule has 0 spiro atoms. The lowest BCUT2D eigenvalue weighted by Crippen LogP contribution is -2.06. The second kappa shape index (κ2) is 3.95. The Morgan fingerprint density at radius 2 is 2.00 bits per heavy atom. The Morgan fingerprint density at radius 3 is 2.73 bits per heavy atom. The van der Waals surface area contributed by atoms with Crippen LogP contribution in [0.1, 0.15) is 17.1 Å². The zero-order valence-electron chi connectivity index (χ0n) is 9.12. The Labute approximate surface area is 89.4 Å². The zero-order chi connectivity index (χ0) is 10.8. The molecule has 1 heterocycles. The molecule has 0 aliphatic carbocycles. The van der Waals surface area contributed by atoms with Crippen molar-refractivity contribution in [1.29, 1.82) is 0 Å². The van der Waals surface area contributed by atoms with Crippen molar-refractivity contribution in [3.63, 3.8) is 0 Å². The molecule has 0 saturated heterocycles. The second-order valence-electron chi connectivity index (χ2n) is 3.78. The summed E-state index contributed by atoms with van der Waals surface area (Å²) in [4.78, 5) is 8.86. The molecule has 0 saturated carbocycles. The number of benzene rings is 1. The first-order valence-electron chi connectivity index (χ1n) is 5.14. The van der Waals surface area contributed by atoms with Crippen molar-refractivity contribution in [2.75, 3.05) is 6.54 Å². The van der Waals surface area contributed by atoms with E-state index >= 15 is 0 Å². The molecule has 3 nitrogen and oxygen atoms in total. The summed E-state index contributed by atoms with van der Waals surface area (Å²) < 4.78 is 0. The van der Waals surface area contributed by atoms with Gasteiger partial charge < -0.3 is 5.73 Å². The molecule has 3 heteroatoms. The Bertz CT molecular complexity index is 486. The summed E-state index contributed by atoms with van der Waals surface area (Å²) in [5.41, 5.74) is 8.87. The van der Waals surface area contributed by atoms with Crippen LogP contribution in [0.25, 0.3) is 10.9 Å². The highest BCUT2D eigenvalue weighted by molar-refractivity contribution is 5.81. The maximum Gasteiger partial charge on any atom is 0.126 e. The number of fused-ring (bicyclic) bond motifs is 1. The predicted octanol–water partition coefficient (Wildman–Crippen LogP) is 1.75. The molecule has 15 heavy (non-hydrogen) atoms. The van der Waals surface area contributed by atoms with Gasteiger partial charge in [0.25, 0.3) is 0 Å². The van der Waals surface area contributed by atoms with Gasteiger partial charge in [-0.3, -0.25) is 0 Å². The lowest BCUT2D eigenvalue weighted by atomic mass is 10.1. The van der Waals surface area contributed by atoms with E-state index < -0.39 is 0 Å². The highest BCUT2D eigenvalue weighted by Gasteiger charge is 2.04. The second-order valence-corrected chi connectivity index (χ2v) is 3.78. The zero-order valence-corrected chi connectivity index (χ0v) is 9.12. The third-order valence-electron chi connectivity index (χ3n) is 2.42. The van der Waals surface area contributed by atoms with Crippen LogP contribution in [-0.2, 0) is 6.42 Å². The average molecular weight is 201 g/mol. The molecule has 2 N–H and O–H groups in total. The molecule has 0 aliphatic rings. The monoisotopic (exact) mass is 201 g/mol. The number of nitrogens with zero attached hydrogens (tertiary/aromatic N) is 2. The fourth-order valence-corrected chi connectivity index (χ4v) is 1.76. The summed E-state index contributed by atoms with van der Waals surface area (Å²) >= 11 is 0. The maximum atomic E-state index is 5.57. The first kappa shape index (κ1) is 10.1. The minimum absolute atomic E-state index is 0.624. The molecule has 0 amide bonds. The minimum atomic E-state index is 0.624. The average Bonchev–Trinajstić information content (AvgIpc) is 2.17. The van der Waals surface area contributed by atoms with E-state index in [4.69, 9.17) is 5.73 Å². The van der Waals surface area contributed by atoms with Gasteiger partial charge in [0.2, 0.25) is 0 Å². The molecule has 0 fully saturated rings. The summed E-state index contributed by atoms with van der Waals surface area (Å²) in [5.74, 6) is 0.816. The molecular formula is C12H15N3. The van der Waals surface area contributed by atoms with Gasteiger partial charge in [-0.1, -0.05) is 12.1 Å². The van der Waals surface area contributed by atoms with E-state index in [-0.39, 0.29) is 0 Å². The first-order chi connectivity index (χ1) is 7.20. The van der Waals surface area contributed by atoms with Crippen LogP contribution in [0.15, 0.2) is 18.2 Å². The van der Waals surface area contributed by atoms with E-state index in [1.165, 1.54) is 5.56 Å². The van der Waals surface area contributed by atoms with Gasteiger partial charge in [0.05, 0.1) is 11.2 Å². The van der Waals surface area contributed by atoms with Crippen LogP contribution >= 0.6 is 0 Å². The topological polar surface area (TPSA) is 51.8 Å². The number of nitrogens with two attached hydrogens (primary N) is 1. The number of aryl methyl sites for hydroxylation is 2. The quantitative estimate of drug-likeness (QED) is 0.805. The first-order valence-corrected chi connectivity index (χ1v) is 5.14. The Kier molecular flexibility index (Phi) is 2.64. The van der Waals surface area contributed by atoms with E-state index in [0.717, 1.165) is 28.8 Å². The third-order valence-corrected chi connectivity index (χ3v) is 2.42. The van der Waals surface area contributed by atoms with Gasteiger partial charge in [0.1, 0.15) is 5.82 Å². The molecule has 0 unspecified atom stereocenters. The van der Waals surface area contributed by atoms with Crippen LogP contribution in [0.5, 0.6) is 0 Å². The number of hydrogen-bond donors (Lipinski definition) is 1. The summed E-state index contributed by atoms with van der Waals surface area (Å²) in [7, 11) is 0. The predicted molar refractivity (Wildman–Crippen MR) is 61.8 cm³/mol. The van der Waals surface area contributed by atoms with Crippen molar-refractivity contribution in [3.05, 3.63) is 35.3 Å². The summed E-state index contributed by atoms with van der Waals surface area (Å²) in [5, 5.41) is 1.12. The van der Waals surface area contributed by atoms with Crippen LogP contribution < -0.4 is 5.73 Å². The van der Waals surface area contributed by atoms with Crippen molar-refractivity contribution >= 4 is 10.9 Å². The largest absolute Gasteiger partial charge is 0.330 e. The Hall–Kier alpha value is -1.48. The van der Waals surface area contributed by atoms with Gasteiger partial charge in [-0.25, -0.2) is 9.97 Å². The van der Waals surface area contributed by atoms with Gasteiger partial charge in [0, 0.05) is 11.8 Å². The van der Waals surface area contributed by atoms with Crippen molar-refractivity contribution in [2.24, 2.45) is 5.73 Å². The Balaban J connectivity index is 2.68. The number of hydrogen-bond acceptors (Lipinski definition) is 3. The summed E-state index contributed by atoms with van der Waals surface area (Å²) in [6.07, 6.45) is 0.808. The van der Waals surface area contributed by atoms with Crippen LogP contribution in [0, 0.1) is 13.8 Å². The highest BCUT2D eigenvalue weighted by Crippen LogP contribution is 2.17. The normalized spacial score (nSPS) is 10.9. The molecule has 0 bridgehead atoms. The standard InChI is InChI=1S/C12H15N3/c1-8-3-4-10-11(5-6-13)14-9(2)15-12(10)7-8/h3-4,7H,5-6,13H2,1-2H3. The summed E-state index contributed by atoms with van der Waals surface area (Å²) in [6, 6.07) is 6.25. The molecule has 2 rings (SSSR count). The number of rotatable bonds is 2. The van der Waals surface area contributed by atoms with Gasteiger partial charge in [-0.2, -0.15) is 0 Å². The van der Waals surface area contributed by atoms with Crippen LogP contribution in [-0.4, -0.2) is 16.5 Å². The van der Waals surface area contributed by atoms with E-state index in [1.54, 1.807) is 0 Å². The van der Waals surface area contributed by atoms with Gasteiger partial charge >= 0.3 is 0 Å². The van der Waals surface area contributed by atoms with Gasteiger partial charge in [-0.15, -0.1) is 0 Å². The van der Waals surface area contributed by atoms with E-state index in [9.17, 15) is 0 Å². The Morgan fingerprint density at radius 1 is 1.20 bits per heavy atom. The fraction of sp³-hybridized carbons (Fsp3) is 0.333. The summed E-state index contributed by atoms with van der Waals surface area (Å²) in [6.45, 7) is 4.61.